The van der Waals surface area contributed by atoms with Gasteiger partial charge in [0.25, 0.3) is 0 Å². The highest BCUT2D eigenvalue weighted by molar-refractivity contribution is 7.18. The molecule has 0 amide bonds. The minimum atomic E-state index is 1.03. The average molecular weight is 142 g/mol. The van der Waals surface area contributed by atoms with Crippen LogP contribution in [0.1, 0.15) is 0 Å². The largest absolute Gasteiger partial charge is 0.172 e. The molecule has 0 spiro atoms. The molecule has 0 aromatic carbocycles. The summed E-state index contributed by atoms with van der Waals surface area (Å²) in [6, 6.07) is 1.98. The van der Waals surface area contributed by atoms with Crippen LogP contribution in [0.25, 0.3) is 10.3 Å². The fourth-order valence-corrected chi connectivity index (χ4v) is 1.87. The topological polar surface area (TPSA) is 25.8 Å². The summed E-state index contributed by atoms with van der Waals surface area (Å²) in [7, 11) is 0. The first-order chi connectivity index (χ1) is 3.97. The zero-order valence-electron chi connectivity index (χ0n) is 3.87. The van der Waals surface area contributed by atoms with Crippen LogP contribution in [0.3, 0.4) is 0 Å². The van der Waals surface area contributed by atoms with Crippen LogP contribution in [0.15, 0.2) is 11.4 Å². The number of aromatic nitrogens is 2. The van der Waals surface area contributed by atoms with Crippen LogP contribution in [0.4, 0.5) is 0 Å². The lowest BCUT2D eigenvalue weighted by Gasteiger charge is -1.59. The van der Waals surface area contributed by atoms with Gasteiger partial charge < -0.3 is 0 Å². The Morgan fingerprint density at radius 3 is 3.25 bits per heavy atom. The van der Waals surface area contributed by atoms with Crippen molar-refractivity contribution in [3.05, 3.63) is 11.4 Å². The van der Waals surface area contributed by atoms with Gasteiger partial charge in [-0.15, -0.1) is 11.3 Å². The summed E-state index contributed by atoms with van der Waals surface area (Å²) >= 11 is 2.90. The lowest BCUT2D eigenvalue weighted by molar-refractivity contribution is 1.70. The van der Waals surface area contributed by atoms with Gasteiger partial charge >= 0.3 is 0 Å². The van der Waals surface area contributed by atoms with Gasteiger partial charge in [0.1, 0.15) is 5.52 Å². The highest BCUT2D eigenvalue weighted by Gasteiger charge is 1.94. The van der Waals surface area contributed by atoms with E-state index < -0.39 is 0 Å². The third-order valence-electron chi connectivity index (χ3n) is 0.888. The highest BCUT2D eigenvalue weighted by atomic mass is 32.1. The highest BCUT2D eigenvalue weighted by Crippen LogP contribution is 2.16. The van der Waals surface area contributed by atoms with Gasteiger partial charge in [-0.3, -0.25) is 0 Å². The lowest BCUT2D eigenvalue weighted by atomic mass is 10.6. The first-order valence-electron chi connectivity index (χ1n) is 2.12. The van der Waals surface area contributed by atoms with E-state index in [2.05, 4.69) is 8.75 Å². The molecule has 2 rings (SSSR count). The molecule has 2 nitrogen and oxygen atoms in total. The molecule has 0 radical (unpaired) electrons. The minimum Gasteiger partial charge on any atom is -0.172 e. The smallest absolute Gasteiger partial charge is 0.157 e. The molecular formula is C4H2N2S2. The Morgan fingerprint density at radius 1 is 1.38 bits per heavy atom. The zero-order chi connectivity index (χ0) is 5.40. The molecule has 2 aromatic heterocycles. The molecule has 8 heavy (non-hydrogen) atoms. The Morgan fingerprint density at radius 2 is 2.38 bits per heavy atom. The van der Waals surface area contributed by atoms with Gasteiger partial charge in [0.05, 0.1) is 11.7 Å². The van der Waals surface area contributed by atoms with Crippen molar-refractivity contribution >= 4 is 33.4 Å². The summed E-state index contributed by atoms with van der Waals surface area (Å²) in [6.45, 7) is 0. The number of fused-ring (bicyclic) bond motifs is 1. The second-order valence-corrected chi connectivity index (χ2v) is 2.80. The molecule has 0 saturated carbocycles. The third-order valence-corrected chi connectivity index (χ3v) is 2.34. The molecule has 0 aliphatic rings. The number of rotatable bonds is 0. The molecule has 0 bridgehead atoms. The molecule has 40 valence electrons. The molecule has 4 heteroatoms. The van der Waals surface area contributed by atoms with Crippen LogP contribution < -0.4 is 0 Å². The zero-order valence-corrected chi connectivity index (χ0v) is 5.50. The van der Waals surface area contributed by atoms with Gasteiger partial charge in [-0.1, -0.05) is 0 Å². The van der Waals surface area contributed by atoms with Crippen molar-refractivity contribution in [3.63, 3.8) is 0 Å². The van der Waals surface area contributed by atoms with Crippen molar-refractivity contribution in [3.8, 4) is 0 Å². The van der Waals surface area contributed by atoms with E-state index in [1.807, 2.05) is 11.4 Å². The van der Waals surface area contributed by atoms with E-state index in [1.165, 1.54) is 11.7 Å². The fraction of sp³-hybridized carbons (Fsp3) is 0. The molecular weight excluding hydrogens is 140 g/mol. The van der Waals surface area contributed by atoms with Crippen LogP contribution in [-0.4, -0.2) is 8.75 Å². The van der Waals surface area contributed by atoms with Gasteiger partial charge in [-0.25, -0.2) is 0 Å². The van der Waals surface area contributed by atoms with Crippen molar-refractivity contribution in [2.45, 2.75) is 0 Å². The van der Waals surface area contributed by atoms with Gasteiger partial charge in [-0.05, 0) is 11.4 Å². The third kappa shape index (κ3) is 0.468. The van der Waals surface area contributed by atoms with E-state index in [0.29, 0.717) is 0 Å². The van der Waals surface area contributed by atoms with Crippen molar-refractivity contribution in [2.24, 2.45) is 0 Å². The van der Waals surface area contributed by atoms with Crippen LogP contribution in [0.5, 0.6) is 0 Å². The van der Waals surface area contributed by atoms with E-state index >= 15 is 0 Å². The van der Waals surface area contributed by atoms with E-state index in [-0.39, 0.29) is 0 Å². The van der Waals surface area contributed by atoms with Gasteiger partial charge in [0.2, 0.25) is 0 Å². The molecule has 0 unspecified atom stereocenters. The van der Waals surface area contributed by atoms with Crippen LogP contribution in [0.2, 0.25) is 0 Å². The molecule has 2 heterocycles. The Labute approximate surface area is 54.1 Å². The number of hydrogen-bond acceptors (Lipinski definition) is 4. The molecule has 0 saturated heterocycles. The summed E-state index contributed by atoms with van der Waals surface area (Å²) < 4.78 is 8.05. The van der Waals surface area contributed by atoms with Crippen molar-refractivity contribution in [1.82, 2.24) is 8.75 Å². The number of hydrogen-bond donors (Lipinski definition) is 0. The molecule has 0 aliphatic carbocycles. The molecule has 0 atom stereocenters. The Bertz CT molecular complexity index is 233. The predicted octanol–water partition coefficient (Wildman–Crippen LogP) is 1.75. The van der Waals surface area contributed by atoms with Gasteiger partial charge in [0.15, 0.2) is 4.83 Å². The van der Waals surface area contributed by atoms with E-state index in [4.69, 9.17) is 0 Å². The molecule has 0 N–H and O–H groups in total. The fourth-order valence-electron chi connectivity index (χ4n) is 0.534. The number of nitrogens with zero attached hydrogens (tertiary/aromatic N) is 2. The Balaban J connectivity index is 3.06. The van der Waals surface area contributed by atoms with E-state index in [1.54, 1.807) is 11.3 Å². The van der Waals surface area contributed by atoms with Crippen molar-refractivity contribution in [1.29, 1.82) is 0 Å². The second kappa shape index (κ2) is 1.50. The monoisotopic (exact) mass is 142 g/mol. The van der Waals surface area contributed by atoms with Gasteiger partial charge in [-0.2, -0.15) is 8.75 Å². The summed E-state index contributed by atoms with van der Waals surface area (Å²) in [5, 5.41) is 2.00. The van der Waals surface area contributed by atoms with Crippen molar-refractivity contribution < 1.29 is 0 Å². The normalized spacial score (nSPS) is 10.5. The van der Waals surface area contributed by atoms with E-state index in [9.17, 15) is 0 Å². The summed E-state index contributed by atoms with van der Waals surface area (Å²) in [5.74, 6) is 0. The molecule has 2 aromatic rings. The Kier molecular flexibility index (Phi) is 0.824. The standard InChI is InChI=1S/C4H2N2S2/c1-2-7-4-3(1)5-8-6-4/h1-2H. The first kappa shape index (κ1) is 4.40. The summed E-state index contributed by atoms with van der Waals surface area (Å²) in [4.78, 5) is 1.05. The van der Waals surface area contributed by atoms with Gasteiger partial charge in [0, 0.05) is 0 Å². The Hall–Kier alpha value is -0.480. The van der Waals surface area contributed by atoms with Crippen LogP contribution in [-0.2, 0) is 0 Å². The first-order valence-corrected chi connectivity index (χ1v) is 3.73. The number of thiophene rings is 1. The maximum absolute atomic E-state index is 4.03. The molecule has 0 aliphatic heterocycles. The second-order valence-electron chi connectivity index (χ2n) is 1.38. The SMILES string of the molecule is c1cc2nsnc2s1. The lowest BCUT2D eigenvalue weighted by Crippen LogP contribution is -1.48. The predicted molar refractivity (Wildman–Crippen MR) is 35.3 cm³/mol. The van der Waals surface area contributed by atoms with Crippen molar-refractivity contribution in [2.75, 3.05) is 0 Å². The molecule has 0 fully saturated rings. The quantitative estimate of drug-likeness (QED) is 0.560. The van der Waals surface area contributed by atoms with Crippen LogP contribution in [0, 0.1) is 0 Å². The van der Waals surface area contributed by atoms with Crippen LogP contribution >= 0.6 is 23.1 Å². The minimum absolute atomic E-state index is 1.03. The van der Waals surface area contributed by atoms with E-state index in [0.717, 1.165) is 10.3 Å². The maximum Gasteiger partial charge on any atom is 0.157 e. The average Bonchev–Trinajstić information content (AvgIpc) is 2.15. The maximum atomic E-state index is 4.03. The summed E-state index contributed by atoms with van der Waals surface area (Å²) in [6.07, 6.45) is 0. The summed E-state index contributed by atoms with van der Waals surface area (Å²) in [5.41, 5.74) is 1.03.